The first-order valence-corrected chi connectivity index (χ1v) is 30.6. The first-order chi connectivity index (χ1) is 40.0. The summed E-state index contributed by atoms with van der Waals surface area (Å²) in [6, 6.07) is 0. The molecule has 3 unspecified atom stereocenters. The summed E-state index contributed by atoms with van der Waals surface area (Å²) in [5.41, 5.74) is -2.88. The number of aldehydes is 1. The molecule has 11 rings (SSSR count). The molecule has 5 aliphatic carbocycles. The van der Waals surface area contributed by atoms with Crippen molar-refractivity contribution in [2.45, 2.75) is 265 Å². The fourth-order valence-electron chi connectivity index (χ4n) is 18.9. The van der Waals surface area contributed by atoms with Crippen LogP contribution in [0.5, 0.6) is 0 Å². The fourth-order valence-corrected chi connectivity index (χ4v) is 18.9. The van der Waals surface area contributed by atoms with Crippen molar-refractivity contribution in [2.24, 2.45) is 50.2 Å². The van der Waals surface area contributed by atoms with Crippen molar-refractivity contribution in [3.8, 4) is 0 Å². The summed E-state index contributed by atoms with van der Waals surface area (Å²) in [5.74, 6) is 0.317. The van der Waals surface area contributed by atoms with E-state index in [1.54, 1.807) is 0 Å². The van der Waals surface area contributed by atoms with Crippen molar-refractivity contribution in [2.75, 3.05) is 39.6 Å². The predicted octanol–water partition coefficient (Wildman–Crippen LogP) is -4.07. The van der Waals surface area contributed by atoms with Crippen LogP contribution in [0.15, 0.2) is 0 Å². The number of carbonyl (C=O) groups excluding carboxylic acids is 1. The molecule has 11 fully saturated rings. The van der Waals surface area contributed by atoms with Crippen LogP contribution in [0.25, 0.3) is 0 Å². The average molecular weight is 1220 g/mol. The molecule has 488 valence electrons. The van der Waals surface area contributed by atoms with Gasteiger partial charge in [0.2, 0.25) is 0 Å². The maximum Gasteiger partial charge on any atom is 0.187 e. The summed E-state index contributed by atoms with van der Waals surface area (Å²) in [5, 5.41) is 165. The number of hydrogen-bond acceptors (Lipinski definition) is 27. The van der Waals surface area contributed by atoms with E-state index in [-0.39, 0.29) is 34.0 Å². The lowest BCUT2D eigenvalue weighted by atomic mass is 9.30. The summed E-state index contributed by atoms with van der Waals surface area (Å²) in [7, 11) is 0. The minimum atomic E-state index is -2.03. The highest BCUT2D eigenvalue weighted by Gasteiger charge is 2.80. The molecule has 0 aromatic rings. The standard InChI is InChI=1S/C58H94O27/c1-52(2)29-7-11-55(5)30(8-12-58-31-15-53(3,22-62)13-14-57(31,23-77-58)32(64)16-56(55,58)6)54(29,4)10-9-33(52)82-50-45(84-49-43(74)40(71)36(67)26(18-60)79-49)38(69)28(21-76-50)81-51-46(85-47-41(72)34(65)24(63)20-75-47)44(37(68)27(19-61)80-51)83-48-42(73)39(70)35(66)25(17-59)78-48/h22,24-51,59-61,63-74H,7-21,23H2,1-6H3/t24-,25-,26-,27-,28+,29?,30?,31?,32-,33+,34+,35-,36-,37-,38+,39+,40+,41-,42-,43-,44+,45-,46-,47+,48+,49+,50+,51+,53+,54+,55-,56+,57-,58+/m1/s1. The van der Waals surface area contributed by atoms with Crippen LogP contribution in [-0.4, -0.2) is 282 Å². The van der Waals surface area contributed by atoms with Gasteiger partial charge in [0, 0.05) is 16.2 Å². The van der Waals surface area contributed by atoms with E-state index in [0.717, 1.165) is 44.8 Å². The van der Waals surface area contributed by atoms with E-state index in [0.29, 0.717) is 32.3 Å². The summed E-state index contributed by atoms with van der Waals surface area (Å²) in [6.07, 6.45) is -34.0. The zero-order valence-electron chi connectivity index (χ0n) is 49.2. The van der Waals surface area contributed by atoms with E-state index in [9.17, 15) is 81.4 Å². The van der Waals surface area contributed by atoms with Gasteiger partial charge in [0.1, 0.15) is 116 Å². The second kappa shape index (κ2) is 23.6. The van der Waals surface area contributed by atoms with Gasteiger partial charge in [-0.15, -0.1) is 0 Å². The van der Waals surface area contributed by atoms with E-state index < -0.39 is 208 Å². The molecule has 11 aliphatic rings. The van der Waals surface area contributed by atoms with Gasteiger partial charge < -0.3 is 133 Å². The van der Waals surface area contributed by atoms with E-state index in [1.807, 2.05) is 6.92 Å². The van der Waals surface area contributed by atoms with Gasteiger partial charge in [-0.25, -0.2) is 0 Å². The third-order valence-corrected chi connectivity index (χ3v) is 24.1. The Balaban J connectivity index is 0.868. The van der Waals surface area contributed by atoms with Gasteiger partial charge in [-0.2, -0.15) is 0 Å². The lowest BCUT2D eigenvalue weighted by Crippen LogP contribution is -2.74. The molecule has 34 atom stereocenters. The second-order valence-electron chi connectivity index (χ2n) is 28.6. The van der Waals surface area contributed by atoms with Crippen molar-refractivity contribution in [1.29, 1.82) is 0 Å². The van der Waals surface area contributed by atoms with Gasteiger partial charge in [0.05, 0.1) is 57.5 Å². The highest BCUT2D eigenvalue weighted by molar-refractivity contribution is 5.59. The summed E-state index contributed by atoms with van der Waals surface area (Å²) in [4.78, 5) is 12.6. The van der Waals surface area contributed by atoms with Crippen molar-refractivity contribution in [3.05, 3.63) is 0 Å². The van der Waals surface area contributed by atoms with Crippen molar-refractivity contribution < 1.29 is 133 Å². The largest absolute Gasteiger partial charge is 0.394 e. The zero-order chi connectivity index (χ0) is 61.5. The van der Waals surface area contributed by atoms with Crippen LogP contribution in [0, 0.1) is 50.2 Å². The average Bonchev–Trinajstić information content (AvgIpc) is 1.63. The summed E-state index contributed by atoms with van der Waals surface area (Å²) < 4.78 is 68.6. The van der Waals surface area contributed by atoms with Gasteiger partial charge in [0.15, 0.2) is 31.5 Å². The normalized spacial score (nSPS) is 57.6. The number of ether oxygens (including phenoxy) is 11. The van der Waals surface area contributed by atoms with Gasteiger partial charge in [-0.1, -0.05) is 41.5 Å². The second-order valence-corrected chi connectivity index (χ2v) is 28.6. The highest BCUT2D eigenvalue weighted by atomic mass is 16.8. The third-order valence-electron chi connectivity index (χ3n) is 24.1. The number of carbonyl (C=O) groups is 1. The van der Waals surface area contributed by atoms with Crippen molar-refractivity contribution in [3.63, 3.8) is 0 Å². The lowest BCUT2D eigenvalue weighted by molar-refractivity contribution is -0.404. The van der Waals surface area contributed by atoms with Crippen LogP contribution in [0.4, 0.5) is 0 Å². The van der Waals surface area contributed by atoms with Crippen molar-refractivity contribution >= 4 is 6.29 Å². The maximum absolute atomic E-state index is 12.7. The molecule has 2 bridgehead atoms. The summed E-state index contributed by atoms with van der Waals surface area (Å²) >= 11 is 0. The van der Waals surface area contributed by atoms with Crippen LogP contribution in [0.1, 0.15) is 106 Å². The third kappa shape index (κ3) is 10.2. The Bertz CT molecular complexity index is 2340. The molecule has 0 aromatic carbocycles. The van der Waals surface area contributed by atoms with E-state index >= 15 is 0 Å². The minimum absolute atomic E-state index is 0.0397. The Morgan fingerprint density at radius 2 is 1.05 bits per heavy atom. The number of aliphatic hydroxyl groups is 15. The van der Waals surface area contributed by atoms with Crippen LogP contribution in [0.3, 0.4) is 0 Å². The quantitative estimate of drug-likeness (QED) is 0.0581. The molecule has 27 heteroatoms. The molecule has 5 saturated carbocycles. The van der Waals surface area contributed by atoms with Crippen LogP contribution in [0.2, 0.25) is 0 Å². The van der Waals surface area contributed by atoms with Gasteiger partial charge >= 0.3 is 0 Å². The van der Waals surface area contributed by atoms with Crippen LogP contribution >= 0.6 is 0 Å². The Kier molecular flexibility index (Phi) is 18.1. The Hall–Kier alpha value is -1.37. The number of aliphatic hydroxyl groups excluding tert-OH is 15. The van der Waals surface area contributed by atoms with E-state index in [2.05, 4.69) is 34.6 Å². The fraction of sp³-hybridized carbons (Fsp3) is 0.983. The molecule has 6 aliphatic heterocycles. The van der Waals surface area contributed by atoms with Gasteiger partial charge in [-0.3, -0.25) is 0 Å². The van der Waals surface area contributed by atoms with Crippen LogP contribution in [-0.2, 0) is 56.9 Å². The minimum Gasteiger partial charge on any atom is -0.394 e. The topological polar surface area (TPSA) is 422 Å². The van der Waals surface area contributed by atoms with E-state index in [4.69, 9.17) is 52.1 Å². The Morgan fingerprint density at radius 3 is 1.67 bits per heavy atom. The van der Waals surface area contributed by atoms with Crippen molar-refractivity contribution in [1.82, 2.24) is 0 Å². The lowest BCUT2D eigenvalue weighted by Gasteiger charge is -2.75. The molecule has 27 nitrogen and oxygen atoms in total. The smallest absolute Gasteiger partial charge is 0.187 e. The van der Waals surface area contributed by atoms with Gasteiger partial charge in [0.25, 0.3) is 0 Å². The molecule has 0 aromatic heterocycles. The highest BCUT2D eigenvalue weighted by Crippen LogP contribution is 2.80. The summed E-state index contributed by atoms with van der Waals surface area (Å²) in [6.45, 7) is 10.3. The SMILES string of the molecule is CC1(C)C2CC[C@]3(C)C(CC[C@]45OC[C@@]6(CC[C@](C)(C=O)CC64)[C@H](O)C[C@]53C)[C@@]2(C)CC[C@@H]1O[C@@H]1OC[C@H](O[C@@H]2O[C@H](CO)[C@@H](O)[C@H](O[C@@H]3O[C@H](CO)[C@@H](O)[C@H](O)[C@H]3O)[C@H]2O[C@@H]2OC[C@@H](O)[C@H](O)[C@H]2O)[C@H](O)[C@H]1O[C@@H]1O[C@H](CO)[C@@H](O)[C@H](O)[C@H]1O. The Morgan fingerprint density at radius 1 is 0.482 bits per heavy atom. The molecule has 85 heavy (non-hydrogen) atoms. The number of rotatable bonds is 14. The molecular weight excluding hydrogens is 1130 g/mol. The first kappa shape index (κ1) is 65.1. The molecule has 1 spiro atoms. The van der Waals surface area contributed by atoms with Crippen LogP contribution < -0.4 is 0 Å². The monoisotopic (exact) mass is 1220 g/mol. The molecule has 15 N–H and O–H groups in total. The van der Waals surface area contributed by atoms with Gasteiger partial charge in [-0.05, 0) is 98.2 Å². The molecule has 6 saturated heterocycles. The first-order valence-electron chi connectivity index (χ1n) is 30.6. The number of hydrogen-bond donors (Lipinski definition) is 15. The maximum atomic E-state index is 12.7. The molecule has 0 radical (unpaired) electrons. The molecular formula is C58H94O27. The number of fused-ring (bicyclic) bond motifs is 4. The molecule has 0 amide bonds. The van der Waals surface area contributed by atoms with E-state index in [1.165, 1.54) is 0 Å². The molecule has 6 heterocycles. The zero-order valence-corrected chi connectivity index (χ0v) is 49.2. The Labute approximate surface area is 493 Å². The predicted molar refractivity (Wildman–Crippen MR) is 283 cm³/mol.